The van der Waals surface area contributed by atoms with Crippen LogP contribution in [0.25, 0.3) is 22.2 Å². The fourth-order valence-corrected chi connectivity index (χ4v) is 5.03. The van der Waals surface area contributed by atoms with Crippen LogP contribution in [0.4, 0.5) is 10.2 Å². The molecule has 5 aromatic rings. The Hall–Kier alpha value is -4.31. The molecule has 2 N–H and O–H groups in total. The Labute approximate surface area is 194 Å². The maximum absolute atomic E-state index is 13.6. The van der Waals surface area contributed by atoms with Crippen molar-refractivity contribution in [2.45, 2.75) is 9.79 Å². The van der Waals surface area contributed by atoms with Crippen molar-refractivity contribution in [3.8, 4) is 5.75 Å². The van der Waals surface area contributed by atoms with E-state index in [2.05, 4.69) is 15.1 Å². The average Bonchev–Trinajstić information content (AvgIpc) is 3.12. The number of halogens is 1. The summed E-state index contributed by atoms with van der Waals surface area (Å²) < 4.78 is 46.9. The molecule has 0 saturated heterocycles. The summed E-state index contributed by atoms with van der Waals surface area (Å²) in [4.78, 5) is 8.98. The number of rotatable bonds is 5. The van der Waals surface area contributed by atoms with Crippen molar-refractivity contribution >= 4 is 44.1 Å². The molecular weight excluding hydrogens is 457 g/mol. The highest BCUT2D eigenvalue weighted by atomic mass is 32.2. The number of aromatic nitrogens is 3. The van der Waals surface area contributed by atoms with Crippen molar-refractivity contribution in [1.82, 2.24) is 14.6 Å². The molecule has 0 amide bonds. The molecule has 0 bridgehead atoms. The molecule has 0 aliphatic heterocycles. The molecule has 0 aliphatic rings. The molecule has 0 spiro atoms. The number of ether oxygens (including phenoxy) is 1. The predicted octanol–water partition coefficient (Wildman–Crippen LogP) is 4.03. The predicted molar refractivity (Wildman–Crippen MR) is 127 cm³/mol. The molecule has 10 heteroatoms. The summed E-state index contributed by atoms with van der Waals surface area (Å²) in [7, 11) is -2.59. The molecule has 34 heavy (non-hydrogen) atoms. The molecular formula is C24H18FN5O3S. The molecule has 0 saturated carbocycles. The van der Waals surface area contributed by atoms with Crippen LogP contribution in [-0.2, 0) is 9.84 Å². The zero-order valence-electron chi connectivity index (χ0n) is 17.9. The average molecular weight is 476 g/mol. The summed E-state index contributed by atoms with van der Waals surface area (Å²) in [5.41, 5.74) is 8.30. The number of para-hydroxylation sites is 2. The van der Waals surface area contributed by atoms with Gasteiger partial charge in [0.25, 0.3) is 0 Å². The Kier molecular flexibility index (Phi) is 5.21. The van der Waals surface area contributed by atoms with Gasteiger partial charge in [0, 0.05) is 0 Å². The largest absolute Gasteiger partial charge is 0.497 e. The quantitative estimate of drug-likeness (QED) is 0.384. The smallest absolute Gasteiger partial charge is 0.212 e. The minimum absolute atomic E-state index is 0.0246. The van der Waals surface area contributed by atoms with Crippen LogP contribution in [0.15, 0.2) is 87.7 Å². The van der Waals surface area contributed by atoms with Crippen LogP contribution in [0.5, 0.6) is 5.75 Å². The summed E-state index contributed by atoms with van der Waals surface area (Å²) in [6.07, 6.45) is 1.44. The topological polar surface area (TPSA) is 112 Å². The molecule has 8 nitrogen and oxygen atoms in total. The van der Waals surface area contributed by atoms with Gasteiger partial charge in [-0.2, -0.15) is 9.78 Å². The second-order valence-corrected chi connectivity index (χ2v) is 9.27. The van der Waals surface area contributed by atoms with Gasteiger partial charge in [-0.3, -0.25) is 0 Å². The number of hydrogen-bond donors (Lipinski definition) is 1. The molecule has 0 aliphatic carbocycles. The Morgan fingerprint density at radius 1 is 0.971 bits per heavy atom. The second kappa shape index (κ2) is 8.23. The van der Waals surface area contributed by atoms with Crippen LogP contribution in [0.3, 0.4) is 0 Å². The van der Waals surface area contributed by atoms with Crippen molar-refractivity contribution in [3.05, 3.63) is 84.2 Å². The molecule has 5 rings (SSSR count). The number of nitrogens with zero attached hydrogens (tertiary/aromatic N) is 4. The highest BCUT2D eigenvalue weighted by Gasteiger charge is 2.30. The van der Waals surface area contributed by atoms with Crippen LogP contribution < -0.4 is 10.5 Å². The molecule has 0 unspecified atom stereocenters. The number of methoxy groups -OCH3 is 1. The lowest BCUT2D eigenvalue weighted by Gasteiger charge is -2.06. The fourth-order valence-electron chi connectivity index (χ4n) is 3.55. The van der Waals surface area contributed by atoms with Crippen molar-refractivity contribution in [1.29, 1.82) is 0 Å². The van der Waals surface area contributed by atoms with Gasteiger partial charge < -0.3 is 10.5 Å². The Morgan fingerprint density at radius 3 is 2.26 bits per heavy atom. The van der Waals surface area contributed by atoms with E-state index in [-0.39, 0.29) is 32.6 Å². The highest BCUT2D eigenvalue weighted by Crippen LogP contribution is 2.35. The first kappa shape index (κ1) is 21.5. The molecule has 170 valence electrons. The van der Waals surface area contributed by atoms with Gasteiger partial charge >= 0.3 is 0 Å². The summed E-state index contributed by atoms with van der Waals surface area (Å²) in [5.74, 6) is -0.00296. The standard InChI is InChI=1S/C24H18FN5O3S/c1-33-17-10-12-18(13-11-17)34(31,32)22-21-24(29-20-5-3-2-4-19(20)28-21)30(23(22)26)27-14-15-6-8-16(25)9-7-15/h2-14H,26H2,1H3/b27-14+. The lowest BCUT2D eigenvalue weighted by atomic mass is 10.2. The number of anilines is 1. The third-order valence-corrected chi connectivity index (χ3v) is 7.09. The van der Waals surface area contributed by atoms with Crippen molar-refractivity contribution < 1.29 is 17.5 Å². The lowest BCUT2D eigenvalue weighted by molar-refractivity contribution is 0.414. The maximum Gasteiger partial charge on any atom is 0.212 e. The van der Waals surface area contributed by atoms with Crippen LogP contribution in [0.2, 0.25) is 0 Å². The van der Waals surface area contributed by atoms with E-state index in [1.54, 1.807) is 36.4 Å². The second-order valence-electron chi connectivity index (χ2n) is 7.39. The number of nitrogen functional groups attached to an aromatic ring is 1. The first-order chi connectivity index (χ1) is 16.4. The van der Waals surface area contributed by atoms with Crippen molar-refractivity contribution in [2.75, 3.05) is 12.8 Å². The van der Waals surface area contributed by atoms with Crippen molar-refractivity contribution in [2.24, 2.45) is 5.10 Å². The monoisotopic (exact) mass is 475 g/mol. The summed E-state index contributed by atoms with van der Waals surface area (Å²) in [5, 5.41) is 4.35. The third kappa shape index (κ3) is 3.63. The number of hydrogen-bond acceptors (Lipinski definition) is 7. The lowest BCUT2D eigenvalue weighted by Crippen LogP contribution is -2.06. The van der Waals surface area contributed by atoms with E-state index in [1.807, 2.05) is 0 Å². The van der Waals surface area contributed by atoms with Gasteiger partial charge in [-0.1, -0.05) is 24.3 Å². The van der Waals surface area contributed by atoms with E-state index in [0.29, 0.717) is 22.3 Å². The van der Waals surface area contributed by atoms with Crippen LogP contribution >= 0.6 is 0 Å². The van der Waals surface area contributed by atoms with E-state index in [4.69, 9.17) is 10.5 Å². The van der Waals surface area contributed by atoms with Gasteiger partial charge in [0.05, 0.1) is 29.3 Å². The Bertz CT molecular complexity index is 1660. The zero-order valence-corrected chi connectivity index (χ0v) is 18.7. The number of nitrogens with two attached hydrogens (primary N) is 1. The minimum atomic E-state index is -4.08. The van der Waals surface area contributed by atoms with Gasteiger partial charge in [0.2, 0.25) is 9.84 Å². The fraction of sp³-hybridized carbons (Fsp3) is 0.0417. The van der Waals surface area contributed by atoms with Gasteiger partial charge in [0.15, 0.2) is 5.65 Å². The number of fused-ring (bicyclic) bond motifs is 2. The number of benzene rings is 3. The van der Waals surface area contributed by atoms with Crippen LogP contribution in [-0.4, -0.2) is 36.4 Å². The van der Waals surface area contributed by atoms with Crippen LogP contribution in [0.1, 0.15) is 5.56 Å². The minimum Gasteiger partial charge on any atom is -0.497 e. The first-order valence-corrected chi connectivity index (χ1v) is 11.6. The van der Waals surface area contributed by atoms with Gasteiger partial charge in [-0.25, -0.2) is 22.8 Å². The summed E-state index contributed by atoms with van der Waals surface area (Å²) in [6, 6.07) is 18.7. The van der Waals surface area contributed by atoms with E-state index >= 15 is 0 Å². The SMILES string of the molecule is COc1ccc(S(=O)(=O)c2c(N)n(/N=C/c3ccc(F)cc3)c3nc4ccccc4nc23)cc1. The van der Waals surface area contributed by atoms with Gasteiger partial charge in [-0.15, -0.1) is 0 Å². The first-order valence-electron chi connectivity index (χ1n) is 10.1. The maximum atomic E-state index is 13.6. The zero-order chi connectivity index (χ0) is 23.9. The highest BCUT2D eigenvalue weighted by molar-refractivity contribution is 7.92. The molecule has 0 atom stereocenters. The molecule has 0 fully saturated rings. The summed E-state index contributed by atoms with van der Waals surface area (Å²) >= 11 is 0. The van der Waals surface area contributed by atoms with E-state index in [1.165, 1.54) is 54.4 Å². The van der Waals surface area contributed by atoms with Crippen LogP contribution in [0, 0.1) is 5.82 Å². The van der Waals surface area contributed by atoms with Gasteiger partial charge in [0.1, 0.15) is 27.8 Å². The Balaban J connectivity index is 1.76. The Morgan fingerprint density at radius 2 is 1.62 bits per heavy atom. The molecule has 2 heterocycles. The van der Waals surface area contributed by atoms with E-state index in [0.717, 1.165) is 0 Å². The third-order valence-electron chi connectivity index (χ3n) is 5.26. The van der Waals surface area contributed by atoms with Gasteiger partial charge in [-0.05, 0) is 54.1 Å². The van der Waals surface area contributed by atoms with E-state index < -0.39 is 9.84 Å². The summed E-state index contributed by atoms with van der Waals surface area (Å²) in [6.45, 7) is 0. The molecule has 2 aromatic heterocycles. The normalized spacial score (nSPS) is 12.1. The van der Waals surface area contributed by atoms with Crippen molar-refractivity contribution in [3.63, 3.8) is 0 Å². The molecule has 3 aromatic carbocycles. The number of sulfone groups is 1. The molecule has 0 radical (unpaired) electrons. The van der Waals surface area contributed by atoms with E-state index in [9.17, 15) is 12.8 Å².